The van der Waals surface area contributed by atoms with E-state index in [9.17, 15) is 4.79 Å². The molecule has 0 saturated carbocycles. The Morgan fingerprint density at radius 3 is 2.62 bits per heavy atom. The SMILES string of the molecule is CC1(C)CCN(c2ccc(C#Cc3cncc(Cl)c3)cn2)C(=O)C1. The number of amides is 1. The summed E-state index contributed by atoms with van der Waals surface area (Å²) in [5, 5.41) is 0.557. The van der Waals surface area contributed by atoms with Crippen molar-refractivity contribution in [3.8, 4) is 11.8 Å². The first-order valence-electron chi connectivity index (χ1n) is 7.82. The predicted octanol–water partition coefficient (Wildman–Crippen LogP) is 3.68. The van der Waals surface area contributed by atoms with Gasteiger partial charge in [-0.1, -0.05) is 37.3 Å². The van der Waals surface area contributed by atoms with E-state index in [-0.39, 0.29) is 11.3 Å². The van der Waals surface area contributed by atoms with Gasteiger partial charge in [0.2, 0.25) is 5.91 Å². The Kier molecular flexibility index (Phi) is 4.55. The molecule has 24 heavy (non-hydrogen) atoms. The van der Waals surface area contributed by atoms with Crippen LogP contribution in [-0.2, 0) is 4.79 Å². The fourth-order valence-electron chi connectivity index (χ4n) is 2.62. The van der Waals surface area contributed by atoms with Gasteiger partial charge in [0.25, 0.3) is 0 Å². The van der Waals surface area contributed by atoms with Crippen molar-refractivity contribution < 1.29 is 4.79 Å². The van der Waals surface area contributed by atoms with Crippen LogP contribution in [0.15, 0.2) is 36.8 Å². The number of rotatable bonds is 1. The molecule has 0 aromatic carbocycles. The minimum atomic E-state index is 0.0734. The van der Waals surface area contributed by atoms with E-state index >= 15 is 0 Å². The van der Waals surface area contributed by atoms with Gasteiger partial charge < -0.3 is 0 Å². The molecule has 4 nitrogen and oxygen atoms in total. The maximum Gasteiger partial charge on any atom is 0.228 e. The molecular weight excluding hydrogens is 322 g/mol. The lowest BCUT2D eigenvalue weighted by atomic mass is 9.82. The predicted molar refractivity (Wildman–Crippen MR) is 94.8 cm³/mol. The maximum absolute atomic E-state index is 12.3. The van der Waals surface area contributed by atoms with Crippen LogP contribution in [0.3, 0.4) is 0 Å². The molecule has 0 unspecified atom stereocenters. The van der Waals surface area contributed by atoms with Gasteiger partial charge in [0.15, 0.2) is 0 Å². The number of anilines is 1. The van der Waals surface area contributed by atoms with Crippen LogP contribution in [0.4, 0.5) is 5.82 Å². The minimum Gasteiger partial charge on any atom is -0.297 e. The van der Waals surface area contributed by atoms with Crippen molar-refractivity contribution in [1.29, 1.82) is 0 Å². The van der Waals surface area contributed by atoms with E-state index in [0.29, 0.717) is 23.8 Å². The molecule has 0 aliphatic carbocycles. The molecule has 1 fully saturated rings. The second-order valence-electron chi connectivity index (χ2n) is 6.68. The third kappa shape index (κ3) is 3.93. The fourth-order valence-corrected chi connectivity index (χ4v) is 2.79. The van der Waals surface area contributed by atoms with Crippen LogP contribution in [0.5, 0.6) is 0 Å². The number of halogens is 1. The summed E-state index contributed by atoms with van der Waals surface area (Å²) in [5.41, 5.74) is 1.60. The van der Waals surface area contributed by atoms with Gasteiger partial charge in [-0.05, 0) is 30.0 Å². The van der Waals surface area contributed by atoms with Crippen molar-refractivity contribution in [3.63, 3.8) is 0 Å². The highest BCUT2D eigenvalue weighted by atomic mass is 35.5. The molecule has 1 amide bonds. The number of hydrogen-bond acceptors (Lipinski definition) is 3. The number of piperidine rings is 1. The summed E-state index contributed by atoms with van der Waals surface area (Å²) in [5.74, 6) is 6.84. The average molecular weight is 340 g/mol. The van der Waals surface area contributed by atoms with Gasteiger partial charge in [0.1, 0.15) is 5.82 Å². The van der Waals surface area contributed by atoms with Gasteiger partial charge >= 0.3 is 0 Å². The normalized spacial score (nSPS) is 16.5. The van der Waals surface area contributed by atoms with Crippen LogP contribution in [-0.4, -0.2) is 22.4 Å². The highest BCUT2D eigenvalue weighted by molar-refractivity contribution is 6.30. The number of hydrogen-bond donors (Lipinski definition) is 0. The molecule has 0 spiro atoms. The highest BCUT2D eigenvalue weighted by Gasteiger charge is 2.32. The topological polar surface area (TPSA) is 46.1 Å². The minimum absolute atomic E-state index is 0.0734. The molecular formula is C19H18ClN3O. The third-order valence-corrected chi connectivity index (χ3v) is 4.23. The smallest absolute Gasteiger partial charge is 0.228 e. The Labute approximate surface area is 146 Å². The lowest BCUT2D eigenvalue weighted by Gasteiger charge is -2.35. The van der Waals surface area contributed by atoms with Crippen LogP contribution in [0.25, 0.3) is 0 Å². The molecule has 0 N–H and O–H groups in total. The number of aromatic nitrogens is 2. The molecule has 1 saturated heterocycles. The van der Waals surface area contributed by atoms with Gasteiger partial charge in [-0.2, -0.15) is 0 Å². The monoisotopic (exact) mass is 339 g/mol. The Balaban J connectivity index is 1.74. The lowest BCUT2D eigenvalue weighted by Crippen LogP contribution is -2.42. The van der Waals surface area contributed by atoms with Crippen molar-refractivity contribution in [1.82, 2.24) is 9.97 Å². The number of carbonyl (C=O) groups is 1. The summed E-state index contributed by atoms with van der Waals surface area (Å²) in [4.78, 5) is 22.4. The first-order chi connectivity index (χ1) is 11.4. The van der Waals surface area contributed by atoms with Crippen LogP contribution in [0.1, 0.15) is 37.8 Å². The van der Waals surface area contributed by atoms with Gasteiger partial charge in [-0.15, -0.1) is 0 Å². The van der Waals surface area contributed by atoms with Gasteiger partial charge in [0.05, 0.1) is 5.02 Å². The summed E-state index contributed by atoms with van der Waals surface area (Å²) in [7, 11) is 0. The molecule has 2 aromatic heterocycles. The van der Waals surface area contributed by atoms with E-state index < -0.39 is 0 Å². The largest absolute Gasteiger partial charge is 0.297 e. The third-order valence-electron chi connectivity index (χ3n) is 4.02. The summed E-state index contributed by atoms with van der Waals surface area (Å²) in [6.07, 6.45) is 6.45. The number of carbonyl (C=O) groups excluding carboxylic acids is 1. The Hall–Kier alpha value is -2.38. The first kappa shape index (κ1) is 16.5. The molecule has 1 aliphatic heterocycles. The first-order valence-corrected chi connectivity index (χ1v) is 8.20. The van der Waals surface area contributed by atoms with Crippen molar-refractivity contribution in [2.24, 2.45) is 5.41 Å². The molecule has 0 atom stereocenters. The summed E-state index contributed by atoms with van der Waals surface area (Å²) in [6, 6.07) is 5.48. The number of nitrogens with zero attached hydrogens (tertiary/aromatic N) is 3. The van der Waals surface area contributed by atoms with Crippen LogP contribution < -0.4 is 4.90 Å². The Morgan fingerprint density at radius 1 is 1.17 bits per heavy atom. The van der Waals surface area contributed by atoms with Gasteiger partial charge in [-0.3, -0.25) is 14.7 Å². The molecule has 122 valence electrons. The van der Waals surface area contributed by atoms with E-state index in [1.807, 2.05) is 12.1 Å². The molecule has 0 radical (unpaired) electrons. The van der Waals surface area contributed by atoms with E-state index in [1.54, 1.807) is 29.6 Å². The molecule has 3 heterocycles. The lowest BCUT2D eigenvalue weighted by molar-refractivity contribution is -0.122. The van der Waals surface area contributed by atoms with Crippen molar-refractivity contribution in [3.05, 3.63) is 52.9 Å². The zero-order chi connectivity index (χ0) is 17.2. The molecule has 0 bridgehead atoms. The standard InChI is InChI=1S/C19H18ClN3O/c1-19(2)7-8-23(18(24)10-19)17-6-5-14(12-22-17)3-4-15-9-16(20)13-21-11-15/h5-6,9,11-13H,7-8,10H2,1-2H3. The maximum atomic E-state index is 12.3. The van der Waals surface area contributed by atoms with Crippen LogP contribution in [0.2, 0.25) is 5.02 Å². The van der Waals surface area contributed by atoms with Gasteiger partial charge in [0, 0.05) is 42.7 Å². The van der Waals surface area contributed by atoms with Gasteiger partial charge in [-0.25, -0.2) is 4.98 Å². The van der Waals surface area contributed by atoms with E-state index in [4.69, 9.17) is 11.6 Å². The summed E-state index contributed by atoms with van der Waals surface area (Å²) >= 11 is 5.89. The molecule has 1 aliphatic rings. The Morgan fingerprint density at radius 2 is 1.96 bits per heavy atom. The summed E-state index contributed by atoms with van der Waals surface area (Å²) in [6.45, 7) is 4.95. The van der Waals surface area contributed by atoms with Crippen molar-refractivity contribution in [2.75, 3.05) is 11.4 Å². The molecule has 2 aromatic rings. The van der Waals surface area contributed by atoms with Crippen LogP contribution >= 0.6 is 11.6 Å². The van der Waals surface area contributed by atoms with Crippen molar-refractivity contribution in [2.45, 2.75) is 26.7 Å². The fraction of sp³-hybridized carbons (Fsp3) is 0.316. The zero-order valence-corrected chi connectivity index (χ0v) is 14.5. The number of pyridine rings is 2. The second kappa shape index (κ2) is 6.62. The van der Waals surface area contributed by atoms with E-state index in [1.165, 1.54) is 0 Å². The molecule has 3 rings (SSSR count). The summed E-state index contributed by atoms with van der Waals surface area (Å²) < 4.78 is 0. The zero-order valence-electron chi connectivity index (χ0n) is 13.7. The Bertz CT molecular complexity index is 818. The quantitative estimate of drug-likeness (QED) is 0.744. The second-order valence-corrected chi connectivity index (χ2v) is 7.12. The highest BCUT2D eigenvalue weighted by Crippen LogP contribution is 2.32. The van der Waals surface area contributed by atoms with Crippen molar-refractivity contribution >= 4 is 23.3 Å². The average Bonchev–Trinajstić information content (AvgIpc) is 2.53. The molecule has 5 heteroatoms. The van der Waals surface area contributed by atoms with Crippen LogP contribution in [0, 0.1) is 17.3 Å². The van der Waals surface area contributed by atoms with E-state index in [2.05, 4.69) is 35.7 Å². The van der Waals surface area contributed by atoms with E-state index in [0.717, 1.165) is 17.5 Å².